The number of hydrogen-bond acceptors (Lipinski definition) is 4. The summed E-state index contributed by atoms with van der Waals surface area (Å²) in [6.07, 6.45) is 0.921. The Balaban J connectivity index is 1.51. The van der Waals surface area contributed by atoms with Crippen molar-refractivity contribution in [1.82, 2.24) is 15.1 Å². The lowest BCUT2D eigenvalue weighted by atomic mass is 10.0. The molecule has 5 rings (SSSR count). The maximum absolute atomic E-state index is 13.3. The molecule has 4 nitrogen and oxygen atoms in total. The zero-order valence-electron chi connectivity index (χ0n) is 15.6. The van der Waals surface area contributed by atoms with E-state index in [9.17, 15) is 4.79 Å². The van der Waals surface area contributed by atoms with Crippen LogP contribution in [0.15, 0.2) is 83.1 Å². The maximum atomic E-state index is 13.3. The number of amides is 1. The highest BCUT2D eigenvalue weighted by molar-refractivity contribution is 7.99. The Morgan fingerprint density at radius 1 is 1.03 bits per heavy atom. The van der Waals surface area contributed by atoms with Crippen molar-refractivity contribution >= 4 is 29.0 Å². The predicted octanol–water partition coefficient (Wildman–Crippen LogP) is 5.57. The lowest BCUT2D eigenvalue weighted by molar-refractivity contribution is 0.0927. The summed E-state index contributed by atoms with van der Waals surface area (Å²) in [5.41, 5.74) is 3.44. The minimum Gasteiger partial charge on any atom is -0.344 e. The maximum Gasteiger partial charge on any atom is 0.270 e. The van der Waals surface area contributed by atoms with Crippen LogP contribution < -0.4 is 5.32 Å². The molecule has 1 N–H and O–H groups in total. The number of para-hydroxylation sites is 1. The molecule has 2 aromatic heterocycles. The molecule has 0 aliphatic carbocycles. The minimum atomic E-state index is -0.101. The Bertz CT molecular complexity index is 1140. The summed E-state index contributed by atoms with van der Waals surface area (Å²) < 4.78 is 1.74. The molecule has 1 amide bonds. The van der Waals surface area contributed by atoms with E-state index in [0.717, 1.165) is 28.4 Å². The summed E-state index contributed by atoms with van der Waals surface area (Å²) in [4.78, 5) is 15.6. The second kappa shape index (κ2) is 7.89. The van der Waals surface area contributed by atoms with Gasteiger partial charge in [0.2, 0.25) is 0 Å². The lowest BCUT2D eigenvalue weighted by Gasteiger charge is -2.25. The molecule has 0 saturated heterocycles. The third-order valence-corrected chi connectivity index (χ3v) is 7.00. The van der Waals surface area contributed by atoms with Crippen LogP contribution >= 0.6 is 23.1 Å². The summed E-state index contributed by atoms with van der Waals surface area (Å²) in [7, 11) is 0. The first-order valence-corrected chi connectivity index (χ1v) is 11.4. The second-order valence-corrected chi connectivity index (χ2v) is 8.92. The zero-order valence-corrected chi connectivity index (χ0v) is 17.2. The first-order valence-electron chi connectivity index (χ1n) is 9.51. The zero-order chi connectivity index (χ0) is 19.6. The average molecular weight is 418 g/mol. The Morgan fingerprint density at radius 2 is 1.86 bits per heavy atom. The van der Waals surface area contributed by atoms with Crippen molar-refractivity contribution in [2.24, 2.45) is 0 Å². The van der Waals surface area contributed by atoms with Crippen molar-refractivity contribution in [1.29, 1.82) is 0 Å². The summed E-state index contributed by atoms with van der Waals surface area (Å²) >= 11 is 3.47. The number of nitrogens with zero attached hydrogens (tertiary/aromatic N) is 2. The number of benzene rings is 2. The number of rotatable bonds is 4. The number of thioether (sulfide) groups is 1. The molecule has 6 heteroatoms. The monoisotopic (exact) mass is 417 g/mol. The molecule has 144 valence electrons. The fourth-order valence-corrected chi connectivity index (χ4v) is 5.38. The molecule has 0 radical (unpaired) electrons. The molecule has 1 unspecified atom stereocenters. The van der Waals surface area contributed by atoms with Crippen molar-refractivity contribution < 1.29 is 4.79 Å². The number of thiophene rings is 1. The van der Waals surface area contributed by atoms with Crippen LogP contribution in [0.4, 0.5) is 0 Å². The smallest absolute Gasteiger partial charge is 0.270 e. The van der Waals surface area contributed by atoms with Gasteiger partial charge in [0.15, 0.2) is 0 Å². The number of carbonyl (C=O) groups is 1. The summed E-state index contributed by atoms with van der Waals surface area (Å²) in [5.74, 6) is 0.899. The number of hydrogen-bond donors (Lipinski definition) is 1. The quantitative estimate of drug-likeness (QED) is 0.472. The van der Waals surface area contributed by atoms with Crippen LogP contribution in [0.2, 0.25) is 0 Å². The molecule has 1 aliphatic heterocycles. The molecule has 3 heterocycles. The Kier molecular flexibility index (Phi) is 4.96. The van der Waals surface area contributed by atoms with E-state index in [4.69, 9.17) is 5.10 Å². The highest BCUT2D eigenvalue weighted by Crippen LogP contribution is 2.36. The van der Waals surface area contributed by atoms with Gasteiger partial charge in [-0.1, -0.05) is 42.5 Å². The van der Waals surface area contributed by atoms with Gasteiger partial charge in [-0.3, -0.25) is 4.79 Å². The van der Waals surface area contributed by atoms with Gasteiger partial charge >= 0.3 is 0 Å². The number of aromatic nitrogens is 2. The van der Waals surface area contributed by atoms with Gasteiger partial charge in [0.05, 0.1) is 16.6 Å². The molecule has 1 aliphatic rings. The standard InChI is InChI=1S/C23H19N3OS2/c27-23(24-18-12-14-29-21-10-5-4-9-17(18)21)20-15-19(22-11-6-13-28-22)25-26(20)16-7-2-1-3-8-16/h1-11,13,15,18H,12,14H2,(H,24,27). The molecule has 0 saturated carbocycles. The number of nitrogens with one attached hydrogen (secondary N) is 1. The van der Waals surface area contributed by atoms with Crippen LogP contribution in [0.1, 0.15) is 28.5 Å². The first kappa shape index (κ1) is 18.2. The van der Waals surface area contributed by atoms with Gasteiger partial charge in [0, 0.05) is 10.6 Å². The number of fused-ring (bicyclic) bond motifs is 1. The highest BCUT2D eigenvalue weighted by atomic mass is 32.2. The van der Waals surface area contributed by atoms with Gasteiger partial charge in [-0.15, -0.1) is 23.1 Å². The van der Waals surface area contributed by atoms with E-state index in [1.807, 2.05) is 77.8 Å². The molecular formula is C23H19N3OS2. The third-order valence-electron chi connectivity index (χ3n) is 4.98. The van der Waals surface area contributed by atoms with Gasteiger partial charge in [-0.25, -0.2) is 4.68 Å². The predicted molar refractivity (Wildman–Crippen MR) is 119 cm³/mol. The normalized spacial score (nSPS) is 15.7. The fraction of sp³-hybridized carbons (Fsp3) is 0.130. The van der Waals surface area contributed by atoms with Crippen LogP contribution in [-0.4, -0.2) is 21.4 Å². The molecule has 1 atom stereocenters. The largest absolute Gasteiger partial charge is 0.344 e. The van der Waals surface area contributed by atoms with Crippen LogP contribution in [0.25, 0.3) is 16.3 Å². The van der Waals surface area contributed by atoms with Crippen LogP contribution in [-0.2, 0) is 0 Å². The van der Waals surface area contributed by atoms with Gasteiger partial charge in [0.25, 0.3) is 5.91 Å². The SMILES string of the molecule is O=C(NC1CCSc2ccccc21)c1cc(-c2cccs2)nn1-c1ccccc1. The van der Waals surface area contributed by atoms with Gasteiger partial charge in [0.1, 0.15) is 11.4 Å². The van der Waals surface area contributed by atoms with E-state index in [1.165, 1.54) is 10.5 Å². The molecule has 0 spiro atoms. The Labute approximate surface area is 177 Å². The molecule has 4 aromatic rings. The van der Waals surface area contributed by atoms with E-state index in [2.05, 4.69) is 17.4 Å². The molecule has 29 heavy (non-hydrogen) atoms. The number of carbonyl (C=O) groups excluding carboxylic acids is 1. The van der Waals surface area contributed by atoms with Crippen molar-refractivity contribution in [3.63, 3.8) is 0 Å². The van der Waals surface area contributed by atoms with Crippen LogP contribution in [0.3, 0.4) is 0 Å². The van der Waals surface area contributed by atoms with E-state index in [-0.39, 0.29) is 11.9 Å². The van der Waals surface area contributed by atoms with E-state index < -0.39 is 0 Å². The Hall–Kier alpha value is -2.83. The van der Waals surface area contributed by atoms with Gasteiger partial charge in [-0.05, 0) is 47.7 Å². The Morgan fingerprint density at radius 3 is 2.69 bits per heavy atom. The van der Waals surface area contributed by atoms with Gasteiger partial charge < -0.3 is 5.32 Å². The van der Waals surface area contributed by atoms with Crippen LogP contribution in [0, 0.1) is 0 Å². The molecule has 2 aromatic carbocycles. The van der Waals surface area contributed by atoms with Crippen molar-refractivity contribution in [3.8, 4) is 16.3 Å². The molecule has 0 bridgehead atoms. The second-order valence-electron chi connectivity index (χ2n) is 6.84. The fourth-order valence-electron chi connectivity index (χ4n) is 3.58. The van der Waals surface area contributed by atoms with E-state index in [0.29, 0.717) is 5.69 Å². The highest BCUT2D eigenvalue weighted by Gasteiger charge is 2.25. The summed E-state index contributed by atoms with van der Waals surface area (Å²) in [5, 5.41) is 10.0. The summed E-state index contributed by atoms with van der Waals surface area (Å²) in [6.45, 7) is 0. The third kappa shape index (κ3) is 3.61. The average Bonchev–Trinajstić information content (AvgIpc) is 3.45. The van der Waals surface area contributed by atoms with E-state index >= 15 is 0 Å². The topological polar surface area (TPSA) is 46.9 Å². The minimum absolute atomic E-state index is 0.0178. The summed E-state index contributed by atoms with van der Waals surface area (Å²) in [6, 6.07) is 24.1. The van der Waals surface area contributed by atoms with Crippen molar-refractivity contribution in [2.75, 3.05) is 5.75 Å². The van der Waals surface area contributed by atoms with Crippen molar-refractivity contribution in [3.05, 3.63) is 89.4 Å². The van der Waals surface area contributed by atoms with E-state index in [1.54, 1.807) is 16.0 Å². The van der Waals surface area contributed by atoms with Crippen LogP contribution in [0.5, 0.6) is 0 Å². The van der Waals surface area contributed by atoms with Crippen molar-refractivity contribution in [2.45, 2.75) is 17.4 Å². The molecule has 0 fully saturated rings. The first-order chi connectivity index (χ1) is 14.3. The van der Waals surface area contributed by atoms with Gasteiger partial charge in [-0.2, -0.15) is 5.10 Å². The lowest BCUT2D eigenvalue weighted by Crippen LogP contribution is -2.32. The molecular weight excluding hydrogens is 398 g/mol.